The molecular formula is C15H27N3O. The molecule has 1 fully saturated rings. The minimum absolute atomic E-state index is 0.588. The van der Waals surface area contributed by atoms with Crippen LogP contribution in [0.4, 0.5) is 0 Å². The summed E-state index contributed by atoms with van der Waals surface area (Å²) in [7, 11) is 0. The van der Waals surface area contributed by atoms with E-state index >= 15 is 0 Å². The van der Waals surface area contributed by atoms with E-state index in [1.165, 1.54) is 12.8 Å². The quantitative estimate of drug-likeness (QED) is 0.908. The zero-order valence-corrected chi connectivity index (χ0v) is 12.7. The van der Waals surface area contributed by atoms with E-state index in [9.17, 15) is 0 Å². The van der Waals surface area contributed by atoms with Crippen LogP contribution in [-0.4, -0.2) is 35.6 Å². The highest BCUT2D eigenvalue weighted by Gasteiger charge is 2.22. The highest BCUT2D eigenvalue weighted by molar-refractivity contribution is 5.05. The Hall–Kier alpha value is -0.870. The van der Waals surface area contributed by atoms with E-state index in [1.807, 2.05) is 13.8 Å². The van der Waals surface area contributed by atoms with Gasteiger partial charge in [0.2, 0.25) is 5.89 Å². The summed E-state index contributed by atoms with van der Waals surface area (Å²) in [6.07, 6.45) is 2.42. The highest BCUT2D eigenvalue weighted by Crippen LogP contribution is 2.16. The minimum atomic E-state index is 0.588. The van der Waals surface area contributed by atoms with E-state index in [0.29, 0.717) is 12.0 Å². The number of aryl methyl sites for hydroxylation is 2. The van der Waals surface area contributed by atoms with Gasteiger partial charge in [-0.1, -0.05) is 20.3 Å². The molecule has 108 valence electrons. The number of hydrogen-bond donors (Lipinski definition) is 1. The molecular weight excluding hydrogens is 238 g/mol. The Kier molecular flexibility index (Phi) is 4.99. The molecule has 1 aliphatic rings. The van der Waals surface area contributed by atoms with Gasteiger partial charge in [0.15, 0.2) is 0 Å². The summed E-state index contributed by atoms with van der Waals surface area (Å²) >= 11 is 0. The van der Waals surface area contributed by atoms with E-state index in [4.69, 9.17) is 4.42 Å². The van der Waals surface area contributed by atoms with Gasteiger partial charge in [0, 0.05) is 12.6 Å². The van der Waals surface area contributed by atoms with Crippen molar-refractivity contribution in [3.05, 3.63) is 17.3 Å². The van der Waals surface area contributed by atoms with Crippen LogP contribution >= 0.6 is 0 Å². The largest absolute Gasteiger partial charge is 0.444 e. The first-order valence-corrected chi connectivity index (χ1v) is 7.48. The lowest BCUT2D eigenvalue weighted by Gasteiger charge is -2.27. The van der Waals surface area contributed by atoms with E-state index in [2.05, 4.69) is 29.0 Å². The third-order valence-electron chi connectivity index (χ3n) is 4.28. The second-order valence-corrected chi connectivity index (χ2v) is 5.78. The van der Waals surface area contributed by atoms with Crippen molar-refractivity contribution in [2.24, 2.45) is 5.92 Å². The molecule has 2 heterocycles. The van der Waals surface area contributed by atoms with Crippen LogP contribution in [0, 0.1) is 19.8 Å². The second-order valence-electron chi connectivity index (χ2n) is 5.78. The Labute approximate surface area is 116 Å². The maximum absolute atomic E-state index is 5.71. The highest BCUT2D eigenvalue weighted by atomic mass is 16.4. The fourth-order valence-electron chi connectivity index (χ4n) is 2.63. The van der Waals surface area contributed by atoms with E-state index in [0.717, 1.165) is 43.5 Å². The number of rotatable bonds is 4. The van der Waals surface area contributed by atoms with Crippen LogP contribution in [0.3, 0.4) is 0 Å². The van der Waals surface area contributed by atoms with Gasteiger partial charge < -0.3 is 9.73 Å². The lowest BCUT2D eigenvalue weighted by Crippen LogP contribution is -2.41. The van der Waals surface area contributed by atoms with Crippen molar-refractivity contribution in [3.8, 4) is 0 Å². The summed E-state index contributed by atoms with van der Waals surface area (Å²) in [5.41, 5.74) is 1.02. The molecule has 4 heteroatoms. The number of aromatic nitrogens is 1. The first-order valence-electron chi connectivity index (χ1n) is 7.48. The van der Waals surface area contributed by atoms with Gasteiger partial charge >= 0.3 is 0 Å². The first kappa shape index (κ1) is 14.5. The van der Waals surface area contributed by atoms with Crippen LogP contribution in [0.5, 0.6) is 0 Å². The van der Waals surface area contributed by atoms with Crippen molar-refractivity contribution in [2.45, 2.75) is 53.1 Å². The predicted molar refractivity (Wildman–Crippen MR) is 77.1 cm³/mol. The number of hydrogen-bond acceptors (Lipinski definition) is 4. The summed E-state index contributed by atoms with van der Waals surface area (Å²) in [6, 6.07) is 0.588. The first-order chi connectivity index (χ1) is 9.10. The molecule has 1 aromatic rings. The Morgan fingerprint density at radius 3 is 2.89 bits per heavy atom. The van der Waals surface area contributed by atoms with Crippen LogP contribution in [0.15, 0.2) is 4.42 Å². The second kappa shape index (κ2) is 6.53. The average molecular weight is 265 g/mol. The van der Waals surface area contributed by atoms with Gasteiger partial charge in [-0.05, 0) is 39.3 Å². The summed E-state index contributed by atoms with van der Waals surface area (Å²) in [4.78, 5) is 6.97. The van der Waals surface area contributed by atoms with Crippen LogP contribution in [-0.2, 0) is 6.54 Å². The van der Waals surface area contributed by atoms with Crippen LogP contribution in [0.25, 0.3) is 0 Å². The maximum Gasteiger partial charge on any atom is 0.208 e. The monoisotopic (exact) mass is 265 g/mol. The molecule has 2 unspecified atom stereocenters. The van der Waals surface area contributed by atoms with Crippen molar-refractivity contribution in [1.29, 1.82) is 0 Å². The fourth-order valence-corrected chi connectivity index (χ4v) is 2.63. The number of oxazole rings is 1. The van der Waals surface area contributed by atoms with Gasteiger partial charge in [0.05, 0.1) is 12.2 Å². The molecule has 4 nitrogen and oxygen atoms in total. The molecule has 0 amide bonds. The molecule has 0 aliphatic carbocycles. The van der Waals surface area contributed by atoms with Gasteiger partial charge in [-0.2, -0.15) is 0 Å². The fraction of sp³-hybridized carbons (Fsp3) is 0.800. The summed E-state index contributed by atoms with van der Waals surface area (Å²) in [6.45, 7) is 12.8. The van der Waals surface area contributed by atoms with Crippen molar-refractivity contribution in [2.75, 3.05) is 19.6 Å². The van der Waals surface area contributed by atoms with E-state index in [1.54, 1.807) is 0 Å². The van der Waals surface area contributed by atoms with Crippen LogP contribution in [0.1, 0.15) is 44.0 Å². The molecule has 0 saturated carbocycles. The predicted octanol–water partition coefficient (Wildman–Crippen LogP) is 2.50. The molecule has 0 aromatic carbocycles. The molecule has 1 aromatic heterocycles. The zero-order valence-electron chi connectivity index (χ0n) is 12.7. The van der Waals surface area contributed by atoms with Gasteiger partial charge in [-0.25, -0.2) is 4.98 Å². The normalized spacial score (nSPS) is 23.3. The SMILES string of the molecule is CCC(C)C1CN(Cc2nc(C)c(C)o2)CCCN1. The molecule has 1 aliphatic heterocycles. The standard InChI is InChI=1S/C15H27N3O/c1-5-11(2)14-9-18(8-6-7-16-14)10-15-17-12(3)13(4)19-15/h11,14,16H,5-10H2,1-4H3. The number of nitrogens with one attached hydrogen (secondary N) is 1. The van der Waals surface area contributed by atoms with Crippen molar-refractivity contribution < 1.29 is 4.42 Å². The van der Waals surface area contributed by atoms with Crippen molar-refractivity contribution >= 4 is 0 Å². The van der Waals surface area contributed by atoms with Gasteiger partial charge in [-0.3, -0.25) is 4.90 Å². The Bertz CT molecular complexity index is 383. The smallest absolute Gasteiger partial charge is 0.208 e. The molecule has 1 saturated heterocycles. The molecule has 0 radical (unpaired) electrons. The number of nitrogens with zero attached hydrogens (tertiary/aromatic N) is 2. The van der Waals surface area contributed by atoms with Gasteiger partial charge in [0.1, 0.15) is 5.76 Å². The molecule has 2 rings (SSSR count). The van der Waals surface area contributed by atoms with E-state index in [-0.39, 0.29) is 0 Å². The minimum Gasteiger partial charge on any atom is -0.444 e. The third-order valence-corrected chi connectivity index (χ3v) is 4.28. The maximum atomic E-state index is 5.71. The van der Waals surface area contributed by atoms with Crippen LogP contribution in [0.2, 0.25) is 0 Å². The Balaban J connectivity index is 1.98. The molecule has 1 N–H and O–H groups in total. The molecule has 2 atom stereocenters. The summed E-state index contributed by atoms with van der Waals surface area (Å²) in [5, 5.41) is 3.67. The van der Waals surface area contributed by atoms with Crippen molar-refractivity contribution in [3.63, 3.8) is 0 Å². The van der Waals surface area contributed by atoms with E-state index < -0.39 is 0 Å². The summed E-state index contributed by atoms with van der Waals surface area (Å²) < 4.78 is 5.71. The topological polar surface area (TPSA) is 41.3 Å². The molecule has 0 bridgehead atoms. The third kappa shape index (κ3) is 3.80. The zero-order chi connectivity index (χ0) is 13.8. The van der Waals surface area contributed by atoms with Gasteiger partial charge in [0.25, 0.3) is 0 Å². The van der Waals surface area contributed by atoms with Crippen LogP contribution < -0.4 is 5.32 Å². The van der Waals surface area contributed by atoms with Gasteiger partial charge in [-0.15, -0.1) is 0 Å². The Morgan fingerprint density at radius 1 is 1.47 bits per heavy atom. The average Bonchev–Trinajstić information content (AvgIpc) is 2.59. The lowest BCUT2D eigenvalue weighted by atomic mass is 9.99. The summed E-state index contributed by atoms with van der Waals surface area (Å²) in [5.74, 6) is 2.52. The van der Waals surface area contributed by atoms with Crippen molar-refractivity contribution in [1.82, 2.24) is 15.2 Å². The lowest BCUT2D eigenvalue weighted by molar-refractivity contribution is 0.212. The molecule has 0 spiro atoms. The Morgan fingerprint density at radius 2 is 2.26 bits per heavy atom. The molecule has 19 heavy (non-hydrogen) atoms.